The molecule has 1 N–H and O–H groups in total. The van der Waals surface area contributed by atoms with Gasteiger partial charge in [-0.1, -0.05) is 41.9 Å². The molecule has 0 bridgehead atoms. The third-order valence-electron chi connectivity index (χ3n) is 2.73. The van der Waals surface area contributed by atoms with Crippen molar-refractivity contribution in [3.63, 3.8) is 0 Å². The van der Waals surface area contributed by atoms with Gasteiger partial charge in [-0.25, -0.2) is 0 Å². The molecule has 0 aliphatic rings. The maximum atomic E-state index is 5.69. The topological polar surface area (TPSA) is 55.6 Å². The van der Waals surface area contributed by atoms with E-state index < -0.39 is 0 Å². The van der Waals surface area contributed by atoms with E-state index in [9.17, 15) is 0 Å². The normalized spacial score (nSPS) is 10.4. The zero-order valence-electron chi connectivity index (χ0n) is 10.6. The fourth-order valence-electron chi connectivity index (χ4n) is 1.82. The number of benzene rings is 1. The lowest BCUT2D eigenvalue weighted by molar-refractivity contribution is 0.687. The summed E-state index contributed by atoms with van der Waals surface area (Å²) < 4.78 is 1.86. The highest BCUT2D eigenvalue weighted by Gasteiger charge is 2.01. The van der Waals surface area contributed by atoms with Crippen molar-refractivity contribution in [2.24, 2.45) is 0 Å². The number of halogens is 1. The van der Waals surface area contributed by atoms with E-state index in [0.717, 1.165) is 12.2 Å². The van der Waals surface area contributed by atoms with Crippen LogP contribution in [0.4, 0.5) is 11.5 Å². The van der Waals surface area contributed by atoms with Crippen molar-refractivity contribution in [1.82, 2.24) is 20.0 Å². The quantitative estimate of drug-likeness (QED) is 0.800. The zero-order valence-corrected chi connectivity index (χ0v) is 11.3. The number of rotatable bonds is 4. The maximum absolute atomic E-state index is 5.69. The van der Waals surface area contributed by atoms with E-state index in [4.69, 9.17) is 11.6 Å². The summed E-state index contributed by atoms with van der Waals surface area (Å²) in [6, 6.07) is 13.6. The van der Waals surface area contributed by atoms with Crippen molar-refractivity contribution < 1.29 is 0 Å². The first kappa shape index (κ1) is 12.6. The molecule has 0 atom stereocenters. The molecule has 0 amide bonds. The van der Waals surface area contributed by atoms with Crippen LogP contribution in [-0.4, -0.2) is 20.0 Å². The summed E-state index contributed by atoms with van der Waals surface area (Å²) in [7, 11) is 0. The monoisotopic (exact) mass is 285 g/mol. The van der Waals surface area contributed by atoms with Gasteiger partial charge in [0.25, 0.3) is 0 Å². The van der Waals surface area contributed by atoms with Crippen molar-refractivity contribution in [2.75, 3.05) is 5.32 Å². The van der Waals surface area contributed by atoms with Crippen molar-refractivity contribution in [3.8, 4) is 0 Å². The third-order valence-corrected chi connectivity index (χ3v) is 2.93. The molecule has 0 saturated heterocycles. The van der Waals surface area contributed by atoms with Crippen molar-refractivity contribution in [1.29, 1.82) is 0 Å². The van der Waals surface area contributed by atoms with Gasteiger partial charge in [-0.15, -0.1) is 10.2 Å². The number of hydrogen-bond donors (Lipinski definition) is 1. The maximum Gasteiger partial charge on any atom is 0.153 e. The van der Waals surface area contributed by atoms with E-state index in [1.165, 1.54) is 5.56 Å². The van der Waals surface area contributed by atoms with Crippen LogP contribution in [0.2, 0.25) is 5.15 Å². The van der Waals surface area contributed by atoms with E-state index in [2.05, 4.69) is 32.7 Å². The van der Waals surface area contributed by atoms with Crippen LogP contribution in [0.3, 0.4) is 0 Å². The average Bonchev–Trinajstić information content (AvgIpc) is 2.90. The van der Waals surface area contributed by atoms with Crippen LogP contribution in [0.25, 0.3) is 0 Å². The van der Waals surface area contributed by atoms with Crippen molar-refractivity contribution in [3.05, 3.63) is 65.6 Å². The Morgan fingerprint density at radius 3 is 2.65 bits per heavy atom. The zero-order chi connectivity index (χ0) is 13.8. The van der Waals surface area contributed by atoms with E-state index in [0.29, 0.717) is 11.0 Å². The van der Waals surface area contributed by atoms with Gasteiger partial charge in [0.15, 0.2) is 11.0 Å². The molecule has 2 heterocycles. The molecule has 0 aliphatic heterocycles. The first-order valence-corrected chi connectivity index (χ1v) is 6.50. The molecular formula is C14H12ClN5. The largest absolute Gasteiger partial charge is 0.336 e. The Labute approximate surface area is 121 Å². The molecule has 100 valence electrons. The van der Waals surface area contributed by atoms with E-state index in [1.54, 1.807) is 18.3 Å². The smallest absolute Gasteiger partial charge is 0.153 e. The van der Waals surface area contributed by atoms with Gasteiger partial charge < -0.3 is 5.32 Å². The number of aromatic nitrogens is 4. The lowest BCUT2D eigenvalue weighted by Gasteiger charge is -2.02. The standard InChI is InChI=1S/C14H12ClN5/c15-13-6-7-14(19-18-13)17-12-8-16-20(10-12)9-11-4-2-1-3-5-11/h1-8,10H,9H2,(H,17,19). The summed E-state index contributed by atoms with van der Waals surface area (Å²) in [5, 5.41) is 15.5. The molecule has 2 aromatic heterocycles. The van der Waals surface area contributed by atoms with Crippen molar-refractivity contribution >= 4 is 23.1 Å². The van der Waals surface area contributed by atoms with E-state index in [1.807, 2.05) is 29.1 Å². The highest BCUT2D eigenvalue weighted by molar-refractivity contribution is 6.29. The molecule has 0 spiro atoms. The minimum absolute atomic E-state index is 0.371. The molecule has 1 aromatic carbocycles. The fraction of sp³-hybridized carbons (Fsp3) is 0.0714. The van der Waals surface area contributed by atoms with E-state index in [-0.39, 0.29) is 0 Å². The molecule has 3 aromatic rings. The first-order valence-electron chi connectivity index (χ1n) is 6.12. The minimum Gasteiger partial charge on any atom is -0.336 e. The summed E-state index contributed by atoms with van der Waals surface area (Å²) in [6.45, 7) is 0.731. The average molecular weight is 286 g/mol. The highest BCUT2D eigenvalue weighted by atomic mass is 35.5. The molecular weight excluding hydrogens is 274 g/mol. The predicted octanol–water partition coefficient (Wildman–Crippen LogP) is 3.12. The fourth-order valence-corrected chi connectivity index (χ4v) is 1.92. The first-order chi connectivity index (χ1) is 9.79. The molecule has 0 fully saturated rings. The molecule has 5 nitrogen and oxygen atoms in total. The van der Waals surface area contributed by atoms with Gasteiger partial charge in [0.05, 0.1) is 18.4 Å². The highest BCUT2D eigenvalue weighted by Crippen LogP contribution is 2.14. The van der Waals surface area contributed by atoms with Gasteiger partial charge in [-0.2, -0.15) is 5.10 Å². The summed E-state index contributed by atoms with van der Waals surface area (Å²) in [5.41, 5.74) is 2.06. The van der Waals surface area contributed by atoms with Gasteiger partial charge in [0.2, 0.25) is 0 Å². The molecule has 6 heteroatoms. The summed E-state index contributed by atoms with van der Waals surface area (Å²) in [6.07, 6.45) is 3.67. The number of nitrogens with zero attached hydrogens (tertiary/aromatic N) is 4. The second-order valence-corrected chi connectivity index (χ2v) is 4.67. The minimum atomic E-state index is 0.371. The molecule has 0 aliphatic carbocycles. The summed E-state index contributed by atoms with van der Waals surface area (Å²) in [5.74, 6) is 0.633. The second kappa shape index (κ2) is 5.71. The summed E-state index contributed by atoms with van der Waals surface area (Å²) >= 11 is 5.69. The molecule has 3 rings (SSSR count). The molecule has 0 radical (unpaired) electrons. The Morgan fingerprint density at radius 2 is 1.90 bits per heavy atom. The Kier molecular flexibility index (Phi) is 3.60. The van der Waals surface area contributed by atoms with Crippen molar-refractivity contribution in [2.45, 2.75) is 6.54 Å². The van der Waals surface area contributed by atoms with E-state index >= 15 is 0 Å². The number of anilines is 2. The van der Waals surface area contributed by atoms with Crippen LogP contribution in [0.5, 0.6) is 0 Å². The van der Waals surface area contributed by atoms with Crippen LogP contribution >= 0.6 is 11.6 Å². The van der Waals surface area contributed by atoms with Gasteiger partial charge in [-0.05, 0) is 17.7 Å². The molecule has 0 saturated carbocycles. The Hall–Kier alpha value is -2.40. The summed E-state index contributed by atoms with van der Waals surface area (Å²) in [4.78, 5) is 0. The lowest BCUT2D eigenvalue weighted by atomic mass is 10.2. The third kappa shape index (κ3) is 3.13. The van der Waals surface area contributed by atoms with Crippen LogP contribution in [0.15, 0.2) is 54.9 Å². The van der Waals surface area contributed by atoms with Crippen LogP contribution in [-0.2, 0) is 6.54 Å². The Morgan fingerprint density at radius 1 is 1.05 bits per heavy atom. The lowest BCUT2D eigenvalue weighted by Crippen LogP contribution is -1.99. The molecule has 20 heavy (non-hydrogen) atoms. The number of hydrogen-bond acceptors (Lipinski definition) is 4. The second-order valence-electron chi connectivity index (χ2n) is 4.28. The van der Waals surface area contributed by atoms with Crippen LogP contribution < -0.4 is 5.32 Å². The van der Waals surface area contributed by atoms with Gasteiger partial charge in [0.1, 0.15) is 0 Å². The predicted molar refractivity (Wildman–Crippen MR) is 78.1 cm³/mol. The molecule has 0 unspecified atom stereocenters. The van der Waals surface area contributed by atoms with Gasteiger partial charge >= 0.3 is 0 Å². The number of nitrogens with one attached hydrogen (secondary N) is 1. The Bertz CT molecular complexity index is 678. The SMILES string of the molecule is Clc1ccc(Nc2cnn(Cc3ccccc3)c2)nn1. The van der Waals surface area contributed by atoms with Gasteiger partial charge in [-0.3, -0.25) is 4.68 Å². The Balaban J connectivity index is 1.69. The van der Waals surface area contributed by atoms with Crippen LogP contribution in [0, 0.1) is 0 Å². The van der Waals surface area contributed by atoms with Crippen LogP contribution in [0.1, 0.15) is 5.56 Å². The van der Waals surface area contributed by atoms with Gasteiger partial charge in [0, 0.05) is 6.20 Å².